The predicted octanol–water partition coefficient (Wildman–Crippen LogP) is 3.56. The van der Waals surface area contributed by atoms with Crippen molar-refractivity contribution in [2.24, 2.45) is 7.05 Å². The summed E-state index contributed by atoms with van der Waals surface area (Å²) < 4.78 is 32.0. The molecule has 4 rings (SSSR count). The lowest BCUT2D eigenvalue weighted by atomic mass is 9.82. The molecule has 1 aliphatic carbocycles. The Morgan fingerprint density at radius 2 is 2.14 bits per heavy atom. The lowest BCUT2D eigenvalue weighted by molar-refractivity contribution is 0.0923. The molecule has 3 aromatic rings. The molecule has 1 saturated carbocycles. The lowest BCUT2D eigenvalue weighted by Gasteiger charge is -2.24. The maximum Gasteiger partial charge on any atom is 0.282 e. The van der Waals surface area contributed by atoms with Gasteiger partial charge in [0.25, 0.3) is 12.3 Å². The van der Waals surface area contributed by atoms with Crippen LogP contribution in [0.2, 0.25) is 0 Å². The first kappa shape index (κ1) is 19.2. The van der Waals surface area contributed by atoms with Gasteiger partial charge in [0.05, 0.1) is 0 Å². The van der Waals surface area contributed by atoms with Gasteiger partial charge in [-0.3, -0.25) is 14.5 Å². The summed E-state index contributed by atoms with van der Waals surface area (Å²) in [4.78, 5) is 21.2. The van der Waals surface area contributed by atoms with Crippen LogP contribution >= 0.6 is 0 Å². The summed E-state index contributed by atoms with van der Waals surface area (Å²) >= 11 is 0. The average Bonchev–Trinajstić information content (AvgIpc) is 3.27. The molecular formula is C19H20F2N6O2. The first-order valence-electron chi connectivity index (χ1n) is 9.35. The SMILES string of the molecule is CC(NC(=O)c1cc(C(F)F)nn1C)c1nc(-c2ccnc(C3CCC3)c2)no1. The average molecular weight is 402 g/mol. The van der Waals surface area contributed by atoms with E-state index < -0.39 is 24.1 Å². The van der Waals surface area contributed by atoms with Crippen molar-refractivity contribution in [2.75, 3.05) is 0 Å². The van der Waals surface area contributed by atoms with Crippen LogP contribution in [0.4, 0.5) is 8.78 Å². The van der Waals surface area contributed by atoms with E-state index in [4.69, 9.17) is 4.52 Å². The van der Waals surface area contributed by atoms with E-state index in [0.29, 0.717) is 11.7 Å². The zero-order valence-corrected chi connectivity index (χ0v) is 16.0. The molecule has 1 aliphatic rings. The van der Waals surface area contributed by atoms with Crippen molar-refractivity contribution in [2.45, 2.75) is 44.6 Å². The summed E-state index contributed by atoms with van der Waals surface area (Å²) in [6, 6.07) is 4.22. The van der Waals surface area contributed by atoms with Crippen LogP contribution in [0.1, 0.15) is 72.3 Å². The fourth-order valence-corrected chi connectivity index (χ4v) is 3.18. The van der Waals surface area contributed by atoms with E-state index in [-0.39, 0.29) is 11.6 Å². The zero-order chi connectivity index (χ0) is 20.5. The molecule has 3 aromatic heterocycles. The summed E-state index contributed by atoms with van der Waals surface area (Å²) in [5.41, 5.74) is 1.38. The number of halogens is 2. The van der Waals surface area contributed by atoms with Crippen LogP contribution in [-0.4, -0.2) is 30.8 Å². The molecule has 1 unspecified atom stereocenters. The second kappa shape index (κ2) is 7.69. The summed E-state index contributed by atoms with van der Waals surface area (Å²) in [6.45, 7) is 1.67. The quantitative estimate of drug-likeness (QED) is 0.677. The van der Waals surface area contributed by atoms with E-state index in [1.807, 2.05) is 12.1 Å². The Morgan fingerprint density at radius 3 is 2.79 bits per heavy atom. The van der Waals surface area contributed by atoms with Gasteiger partial charge in [0.1, 0.15) is 17.4 Å². The van der Waals surface area contributed by atoms with E-state index in [1.165, 1.54) is 13.5 Å². The number of aromatic nitrogens is 5. The van der Waals surface area contributed by atoms with Crippen LogP contribution in [0, 0.1) is 0 Å². The molecule has 0 aromatic carbocycles. The van der Waals surface area contributed by atoms with E-state index in [1.54, 1.807) is 13.1 Å². The van der Waals surface area contributed by atoms with Gasteiger partial charge in [-0.1, -0.05) is 11.6 Å². The van der Waals surface area contributed by atoms with Crippen molar-refractivity contribution in [3.05, 3.63) is 47.4 Å². The van der Waals surface area contributed by atoms with Crippen molar-refractivity contribution >= 4 is 5.91 Å². The molecule has 1 atom stereocenters. The van der Waals surface area contributed by atoms with Crippen molar-refractivity contribution in [3.63, 3.8) is 0 Å². The highest BCUT2D eigenvalue weighted by molar-refractivity contribution is 5.92. The maximum atomic E-state index is 12.8. The number of aryl methyl sites for hydroxylation is 1. The highest BCUT2D eigenvalue weighted by Gasteiger charge is 2.24. The zero-order valence-electron chi connectivity index (χ0n) is 16.0. The molecule has 29 heavy (non-hydrogen) atoms. The Balaban J connectivity index is 1.47. The smallest absolute Gasteiger partial charge is 0.282 e. The standard InChI is InChI=1S/C19H20F2N6O2/c1-10(23-18(28)15-9-14(16(20)21)25-27(15)2)19-24-17(26-29-19)12-6-7-22-13(8-12)11-4-3-5-11/h6-11,16H,3-5H2,1-2H3,(H,23,28). The van der Waals surface area contributed by atoms with Gasteiger partial charge in [0.2, 0.25) is 11.7 Å². The normalized spacial score (nSPS) is 15.3. The number of hydrogen-bond donors (Lipinski definition) is 1. The second-order valence-electron chi connectivity index (χ2n) is 7.13. The summed E-state index contributed by atoms with van der Waals surface area (Å²) in [5.74, 6) is 0.545. The van der Waals surface area contributed by atoms with E-state index >= 15 is 0 Å². The molecular weight excluding hydrogens is 382 g/mol. The number of nitrogens with one attached hydrogen (secondary N) is 1. The van der Waals surface area contributed by atoms with Gasteiger partial charge < -0.3 is 9.84 Å². The van der Waals surface area contributed by atoms with E-state index in [2.05, 4.69) is 25.5 Å². The van der Waals surface area contributed by atoms with Crippen LogP contribution in [0.3, 0.4) is 0 Å². The number of amides is 1. The predicted molar refractivity (Wildman–Crippen MR) is 98.2 cm³/mol. The third kappa shape index (κ3) is 3.87. The number of alkyl halides is 2. The van der Waals surface area contributed by atoms with Gasteiger partial charge in [-0.2, -0.15) is 10.1 Å². The van der Waals surface area contributed by atoms with Gasteiger partial charge in [-0.25, -0.2) is 8.78 Å². The molecule has 8 nitrogen and oxygen atoms in total. The first-order chi connectivity index (χ1) is 13.9. The number of rotatable bonds is 6. The van der Waals surface area contributed by atoms with Gasteiger partial charge in [0, 0.05) is 30.4 Å². The molecule has 1 amide bonds. The van der Waals surface area contributed by atoms with Crippen molar-refractivity contribution in [1.29, 1.82) is 0 Å². The lowest BCUT2D eigenvalue weighted by Crippen LogP contribution is -2.28. The Morgan fingerprint density at radius 1 is 1.34 bits per heavy atom. The number of carbonyl (C=O) groups excluding carboxylic acids is 1. The number of pyridine rings is 1. The van der Waals surface area contributed by atoms with Crippen LogP contribution in [0.5, 0.6) is 0 Å². The molecule has 0 radical (unpaired) electrons. The first-order valence-corrected chi connectivity index (χ1v) is 9.35. The fraction of sp³-hybridized carbons (Fsp3) is 0.421. The highest BCUT2D eigenvalue weighted by atomic mass is 19.3. The third-order valence-electron chi connectivity index (χ3n) is 5.08. The molecule has 1 N–H and O–H groups in total. The van der Waals surface area contributed by atoms with Crippen LogP contribution in [0.15, 0.2) is 28.9 Å². The van der Waals surface area contributed by atoms with Crippen LogP contribution < -0.4 is 5.32 Å². The molecule has 152 valence electrons. The van der Waals surface area contributed by atoms with Crippen molar-refractivity contribution in [1.82, 2.24) is 30.2 Å². The number of carbonyl (C=O) groups is 1. The van der Waals surface area contributed by atoms with Gasteiger partial charge in [0.15, 0.2) is 0 Å². The second-order valence-corrected chi connectivity index (χ2v) is 7.13. The number of hydrogen-bond acceptors (Lipinski definition) is 6. The molecule has 0 saturated heterocycles. The minimum absolute atomic E-state index is 0.0196. The summed E-state index contributed by atoms with van der Waals surface area (Å²) in [6.07, 6.45) is 2.48. The van der Waals surface area contributed by atoms with Gasteiger partial charge in [-0.05, 0) is 38.0 Å². The maximum absolute atomic E-state index is 12.8. The summed E-state index contributed by atoms with van der Waals surface area (Å²) in [7, 11) is 1.43. The van der Waals surface area contributed by atoms with E-state index in [9.17, 15) is 13.6 Å². The van der Waals surface area contributed by atoms with E-state index in [0.717, 1.165) is 34.8 Å². The van der Waals surface area contributed by atoms with Gasteiger partial charge in [-0.15, -0.1) is 0 Å². The van der Waals surface area contributed by atoms with Crippen molar-refractivity contribution in [3.8, 4) is 11.4 Å². The van der Waals surface area contributed by atoms with Crippen LogP contribution in [0.25, 0.3) is 11.4 Å². The monoisotopic (exact) mass is 402 g/mol. The minimum Gasteiger partial charge on any atom is -0.339 e. The molecule has 0 aliphatic heterocycles. The molecule has 3 heterocycles. The largest absolute Gasteiger partial charge is 0.339 e. The Bertz CT molecular complexity index is 1030. The summed E-state index contributed by atoms with van der Waals surface area (Å²) in [5, 5.41) is 10.3. The molecule has 0 spiro atoms. The molecule has 1 fully saturated rings. The third-order valence-corrected chi connectivity index (χ3v) is 5.08. The highest BCUT2D eigenvalue weighted by Crippen LogP contribution is 2.36. The Labute approximate surface area is 165 Å². The van der Waals surface area contributed by atoms with Crippen LogP contribution in [-0.2, 0) is 7.05 Å². The van der Waals surface area contributed by atoms with Gasteiger partial charge >= 0.3 is 0 Å². The molecule has 10 heteroatoms. The number of nitrogens with zero attached hydrogens (tertiary/aromatic N) is 5. The minimum atomic E-state index is -2.75. The Hall–Kier alpha value is -3.17. The topological polar surface area (TPSA) is 98.7 Å². The molecule has 0 bridgehead atoms. The van der Waals surface area contributed by atoms with Crippen molar-refractivity contribution < 1.29 is 18.1 Å². The fourth-order valence-electron chi connectivity index (χ4n) is 3.18. The Kier molecular flexibility index (Phi) is 5.08.